The van der Waals surface area contributed by atoms with Crippen LogP contribution in [0.5, 0.6) is 0 Å². The fourth-order valence-electron chi connectivity index (χ4n) is 3.72. The van der Waals surface area contributed by atoms with E-state index in [1.807, 2.05) is 48.5 Å². The Kier molecular flexibility index (Phi) is 5.99. The molecule has 0 spiro atoms. The van der Waals surface area contributed by atoms with Crippen molar-refractivity contribution in [1.29, 1.82) is 0 Å². The number of carboxylic acids is 1. The molecule has 0 aliphatic heterocycles. The number of fused-ring (bicyclic) bond motifs is 3. The van der Waals surface area contributed by atoms with Crippen LogP contribution in [0.25, 0.3) is 11.1 Å². The molecule has 0 bridgehead atoms. The highest BCUT2D eigenvalue weighted by Gasteiger charge is 2.29. The van der Waals surface area contributed by atoms with Gasteiger partial charge >= 0.3 is 12.1 Å². The van der Waals surface area contributed by atoms with Crippen molar-refractivity contribution in [2.45, 2.75) is 12.0 Å². The largest absolute Gasteiger partial charge is 0.479 e. The molecule has 2 aromatic carbocycles. The summed E-state index contributed by atoms with van der Waals surface area (Å²) in [6, 6.07) is 18.2. The van der Waals surface area contributed by atoms with Crippen molar-refractivity contribution in [3.8, 4) is 11.1 Å². The van der Waals surface area contributed by atoms with Crippen molar-refractivity contribution in [3.05, 3.63) is 82.0 Å². The highest BCUT2D eigenvalue weighted by Crippen LogP contribution is 2.44. The number of carbonyl (C=O) groups is 3. The number of ether oxygens (including phenoxy) is 1. The number of rotatable bonds is 7. The molecule has 7 nitrogen and oxygen atoms in total. The Morgan fingerprint density at radius 3 is 2.19 bits per heavy atom. The summed E-state index contributed by atoms with van der Waals surface area (Å²) in [5, 5.41) is 15.8. The quantitative estimate of drug-likeness (QED) is 0.526. The number of benzene rings is 2. The Balaban J connectivity index is 1.32. The Labute approximate surface area is 182 Å². The van der Waals surface area contributed by atoms with E-state index in [1.54, 1.807) is 17.5 Å². The maximum absolute atomic E-state index is 12.1. The van der Waals surface area contributed by atoms with E-state index in [4.69, 9.17) is 4.74 Å². The molecule has 1 aliphatic carbocycles. The summed E-state index contributed by atoms with van der Waals surface area (Å²) in [4.78, 5) is 36.2. The van der Waals surface area contributed by atoms with E-state index in [-0.39, 0.29) is 19.1 Å². The third-order valence-electron chi connectivity index (χ3n) is 5.12. The lowest BCUT2D eigenvalue weighted by molar-refractivity contribution is -0.141. The predicted octanol–water partition coefficient (Wildman–Crippen LogP) is 3.53. The van der Waals surface area contributed by atoms with E-state index in [0.29, 0.717) is 4.88 Å². The van der Waals surface area contributed by atoms with Crippen LogP contribution in [0.1, 0.15) is 28.0 Å². The first-order valence-electron chi connectivity index (χ1n) is 9.69. The summed E-state index contributed by atoms with van der Waals surface area (Å²) < 4.78 is 5.37. The minimum absolute atomic E-state index is 0.0813. The molecule has 0 saturated carbocycles. The van der Waals surface area contributed by atoms with Gasteiger partial charge in [-0.2, -0.15) is 0 Å². The zero-order chi connectivity index (χ0) is 21.8. The van der Waals surface area contributed by atoms with Crippen LogP contribution >= 0.6 is 11.3 Å². The molecule has 0 radical (unpaired) electrons. The zero-order valence-corrected chi connectivity index (χ0v) is 17.2. The van der Waals surface area contributed by atoms with Gasteiger partial charge in [-0.05, 0) is 33.7 Å². The molecule has 158 valence electrons. The molecule has 31 heavy (non-hydrogen) atoms. The van der Waals surface area contributed by atoms with Crippen molar-refractivity contribution in [2.24, 2.45) is 0 Å². The van der Waals surface area contributed by atoms with E-state index in [2.05, 4.69) is 10.6 Å². The van der Waals surface area contributed by atoms with Gasteiger partial charge in [-0.15, -0.1) is 11.3 Å². The minimum Gasteiger partial charge on any atom is -0.479 e. The normalized spacial score (nSPS) is 13.0. The lowest BCUT2D eigenvalue weighted by Crippen LogP contribution is -2.41. The summed E-state index contributed by atoms with van der Waals surface area (Å²) >= 11 is 1.23. The average molecular weight is 436 g/mol. The van der Waals surface area contributed by atoms with Gasteiger partial charge in [0.25, 0.3) is 0 Å². The van der Waals surface area contributed by atoms with Gasteiger partial charge < -0.3 is 20.5 Å². The summed E-state index contributed by atoms with van der Waals surface area (Å²) in [5.74, 6) is -1.87. The van der Waals surface area contributed by atoms with Crippen molar-refractivity contribution in [1.82, 2.24) is 10.6 Å². The van der Waals surface area contributed by atoms with Gasteiger partial charge in [0, 0.05) is 10.8 Å². The minimum atomic E-state index is -1.17. The highest BCUT2D eigenvalue weighted by molar-refractivity contribution is 7.10. The number of nitrogens with one attached hydrogen (secondary N) is 2. The fourth-order valence-corrected chi connectivity index (χ4v) is 4.49. The van der Waals surface area contributed by atoms with Crippen LogP contribution in [0, 0.1) is 0 Å². The molecule has 1 aliphatic rings. The maximum atomic E-state index is 12.1. The van der Waals surface area contributed by atoms with Gasteiger partial charge in [-0.25, -0.2) is 9.59 Å². The first-order chi connectivity index (χ1) is 15.0. The lowest BCUT2D eigenvalue weighted by Gasteiger charge is -2.15. The number of alkyl carbamates (subject to hydrolysis) is 1. The second-order valence-electron chi connectivity index (χ2n) is 7.03. The van der Waals surface area contributed by atoms with Crippen LogP contribution in [0.3, 0.4) is 0 Å². The predicted molar refractivity (Wildman–Crippen MR) is 116 cm³/mol. The fraction of sp³-hybridized carbons (Fsp3) is 0.174. The number of hydrogen-bond acceptors (Lipinski definition) is 5. The van der Waals surface area contributed by atoms with Gasteiger partial charge in [-0.1, -0.05) is 54.6 Å². The maximum Gasteiger partial charge on any atom is 0.407 e. The van der Waals surface area contributed by atoms with E-state index in [1.165, 1.54) is 11.3 Å². The average Bonchev–Trinajstić information content (AvgIpc) is 3.41. The van der Waals surface area contributed by atoms with Crippen LogP contribution in [0.4, 0.5) is 4.79 Å². The Morgan fingerprint density at radius 1 is 0.968 bits per heavy atom. The van der Waals surface area contributed by atoms with Crippen molar-refractivity contribution in [3.63, 3.8) is 0 Å². The highest BCUT2D eigenvalue weighted by atomic mass is 32.1. The molecule has 1 heterocycles. The van der Waals surface area contributed by atoms with E-state index in [9.17, 15) is 19.5 Å². The molecule has 3 N–H and O–H groups in total. The molecular formula is C23H20N2O5S. The molecular weight excluding hydrogens is 416 g/mol. The van der Waals surface area contributed by atoms with Gasteiger partial charge in [0.15, 0.2) is 6.04 Å². The molecule has 1 aromatic heterocycles. The van der Waals surface area contributed by atoms with Crippen LogP contribution in [0.2, 0.25) is 0 Å². The van der Waals surface area contributed by atoms with Crippen LogP contribution in [-0.2, 0) is 14.3 Å². The van der Waals surface area contributed by atoms with Gasteiger partial charge in [0.2, 0.25) is 5.91 Å². The number of amides is 2. The zero-order valence-electron chi connectivity index (χ0n) is 16.4. The lowest BCUT2D eigenvalue weighted by atomic mass is 9.98. The number of aliphatic carboxylic acids is 1. The molecule has 1 unspecified atom stereocenters. The Bertz CT molecular complexity index is 1070. The summed E-state index contributed by atoms with van der Waals surface area (Å²) in [5.41, 5.74) is 4.43. The molecule has 0 saturated heterocycles. The molecule has 3 aromatic rings. The van der Waals surface area contributed by atoms with Gasteiger partial charge in [0.05, 0.1) is 0 Å². The third kappa shape index (κ3) is 4.44. The van der Waals surface area contributed by atoms with Crippen LogP contribution in [0.15, 0.2) is 66.0 Å². The summed E-state index contributed by atoms with van der Waals surface area (Å²) in [6.07, 6.45) is -0.736. The van der Waals surface area contributed by atoms with Crippen LogP contribution < -0.4 is 10.6 Å². The van der Waals surface area contributed by atoms with Crippen LogP contribution in [-0.4, -0.2) is 36.2 Å². The first kappa shape index (κ1) is 20.6. The Hall–Kier alpha value is -3.65. The first-order valence-corrected chi connectivity index (χ1v) is 10.6. The molecule has 0 fully saturated rings. The van der Waals surface area contributed by atoms with Crippen molar-refractivity contribution < 1.29 is 24.2 Å². The second-order valence-corrected chi connectivity index (χ2v) is 8.01. The number of thiophene rings is 1. The van der Waals surface area contributed by atoms with E-state index in [0.717, 1.165) is 22.3 Å². The number of carbonyl (C=O) groups excluding carboxylic acids is 2. The monoisotopic (exact) mass is 436 g/mol. The molecule has 2 amide bonds. The SMILES string of the molecule is O=C(CNC(=O)OCC1c2ccccc2-c2ccccc21)NC(C(=O)O)c1cccs1. The standard InChI is InChI=1S/C23H20N2O5S/c26-20(25-21(22(27)28)19-10-5-11-31-19)12-24-23(29)30-13-18-16-8-3-1-6-14(16)15-7-2-4-9-17(15)18/h1-11,18,21H,12-13H2,(H,24,29)(H,25,26)(H,27,28). The smallest absolute Gasteiger partial charge is 0.407 e. The second kappa shape index (κ2) is 9.01. The van der Waals surface area contributed by atoms with E-state index < -0.39 is 24.0 Å². The third-order valence-corrected chi connectivity index (χ3v) is 6.05. The van der Waals surface area contributed by atoms with E-state index >= 15 is 0 Å². The van der Waals surface area contributed by atoms with Crippen molar-refractivity contribution >= 4 is 29.3 Å². The summed E-state index contributed by atoms with van der Waals surface area (Å²) in [6.45, 7) is -0.250. The number of hydrogen-bond donors (Lipinski definition) is 3. The molecule has 1 atom stereocenters. The van der Waals surface area contributed by atoms with Gasteiger partial charge in [0.1, 0.15) is 13.2 Å². The molecule has 4 rings (SSSR count). The van der Waals surface area contributed by atoms with Crippen molar-refractivity contribution in [2.75, 3.05) is 13.2 Å². The topological polar surface area (TPSA) is 105 Å². The van der Waals surface area contributed by atoms with Gasteiger partial charge in [-0.3, -0.25) is 4.79 Å². The summed E-state index contributed by atoms with van der Waals surface area (Å²) in [7, 11) is 0. The number of carboxylic acid groups (broad SMARTS) is 1. The Morgan fingerprint density at radius 2 is 1.61 bits per heavy atom. The molecule has 8 heteroatoms.